The van der Waals surface area contributed by atoms with Gasteiger partial charge in [-0.3, -0.25) is 9.59 Å². The number of ether oxygens (including phenoxy) is 1. The Hall–Kier alpha value is -3.12. The lowest BCUT2D eigenvalue weighted by Crippen LogP contribution is -2.44. The summed E-state index contributed by atoms with van der Waals surface area (Å²) in [5, 5.41) is 2.90. The number of carbonyl (C=O) groups excluding carboxylic acids is 2. The van der Waals surface area contributed by atoms with E-state index in [4.69, 9.17) is 4.74 Å². The largest absolute Gasteiger partial charge is 0.482 e. The second-order valence-electron chi connectivity index (χ2n) is 9.06. The predicted octanol–water partition coefficient (Wildman–Crippen LogP) is 4.67. The van der Waals surface area contributed by atoms with Crippen LogP contribution in [0.2, 0.25) is 0 Å². The van der Waals surface area contributed by atoms with Crippen LogP contribution in [0.4, 0.5) is 11.4 Å². The van der Waals surface area contributed by atoms with E-state index in [1.807, 2.05) is 24.3 Å². The van der Waals surface area contributed by atoms with Crippen molar-refractivity contribution in [2.75, 3.05) is 43.0 Å². The highest BCUT2D eigenvalue weighted by atomic mass is 16.5. The number of nitrogens with one attached hydrogen (secondary N) is 1. The second kappa shape index (κ2) is 10.7. The van der Waals surface area contributed by atoms with Gasteiger partial charge in [0.25, 0.3) is 5.91 Å². The van der Waals surface area contributed by atoms with Gasteiger partial charge in [0.05, 0.1) is 5.69 Å². The molecule has 0 atom stereocenters. The molecule has 1 saturated heterocycles. The fraction of sp³-hybridized carbons (Fsp3) is 0.407. The molecule has 2 aliphatic heterocycles. The van der Waals surface area contributed by atoms with Crippen molar-refractivity contribution in [2.45, 2.75) is 39.0 Å². The number of piperidine rings is 1. The van der Waals surface area contributed by atoms with Crippen molar-refractivity contribution >= 4 is 29.3 Å². The second-order valence-corrected chi connectivity index (χ2v) is 9.06. The van der Waals surface area contributed by atoms with Gasteiger partial charge in [-0.05, 0) is 67.3 Å². The molecule has 0 spiro atoms. The van der Waals surface area contributed by atoms with Crippen molar-refractivity contribution in [3.63, 3.8) is 0 Å². The van der Waals surface area contributed by atoms with Crippen molar-refractivity contribution in [1.29, 1.82) is 0 Å². The maximum atomic E-state index is 12.6. The zero-order valence-electron chi connectivity index (χ0n) is 19.5. The first-order valence-electron chi connectivity index (χ1n) is 11.9. The van der Waals surface area contributed by atoms with Gasteiger partial charge in [-0.1, -0.05) is 44.5 Å². The van der Waals surface area contributed by atoms with E-state index in [0.29, 0.717) is 29.6 Å². The fourth-order valence-electron chi connectivity index (χ4n) is 4.30. The number of anilines is 2. The monoisotopic (exact) mass is 447 g/mol. The van der Waals surface area contributed by atoms with E-state index < -0.39 is 0 Å². The number of carbonyl (C=O) groups is 2. The number of nitrogens with zero attached hydrogens (tertiary/aromatic N) is 2. The molecule has 0 radical (unpaired) electrons. The van der Waals surface area contributed by atoms with E-state index in [-0.39, 0.29) is 18.4 Å². The van der Waals surface area contributed by atoms with Gasteiger partial charge in [-0.15, -0.1) is 0 Å². The van der Waals surface area contributed by atoms with Crippen molar-refractivity contribution in [2.24, 2.45) is 0 Å². The van der Waals surface area contributed by atoms with Gasteiger partial charge in [0.1, 0.15) is 5.75 Å². The van der Waals surface area contributed by atoms with Crippen molar-refractivity contribution in [1.82, 2.24) is 4.90 Å². The Labute approximate surface area is 196 Å². The molecule has 0 saturated carbocycles. The highest BCUT2D eigenvalue weighted by Crippen LogP contribution is 2.34. The number of hydrogen-bond donors (Lipinski definition) is 1. The summed E-state index contributed by atoms with van der Waals surface area (Å²) in [5.41, 5.74) is 3.60. The summed E-state index contributed by atoms with van der Waals surface area (Å²) < 4.78 is 5.62. The van der Waals surface area contributed by atoms with Crippen LogP contribution in [0.5, 0.6) is 5.75 Å². The summed E-state index contributed by atoms with van der Waals surface area (Å²) in [6, 6.07) is 13.6. The number of benzene rings is 2. The number of rotatable bonds is 7. The van der Waals surface area contributed by atoms with E-state index >= 15 is 0 Å². The molecule has 2 amide bonds. The first-order valence-corrected chi connectivity index (χ1v) is 11.9. The Kier molecular flexibility index (Phi) is 7.45. The van der Waals surface area contributed by atoms with Crippen LogP contribution in [0.1, 0.15) is 50.2 Å². The third-order valence-electron chi connectivity index (χ3n) is 6.29. The molecular formula is C27H33N3O3. The van der Waals surface area contributed by atoms with E-state index in [0.717, 1.165) is 25.2 Å². The molecule has 1 N–H and O–H groups in total. The molecule has 0 unspecified atom stereocenters. The molecule has 2 heterocycles. The first-order chi connectivity index (χ1) is 16.0. The minimum atomic E-state index is -0.217. The van der Waals surface area contributed by atoms with Crippen LogP contribution >= 0.6 is 0 Å². The van der Waals surface area contributed by atoms with Gasteiger partial charge in [0, 0.05) is 24.9 Å². The minimum absolute atomic E-state index is 0.0484. The molecule has 174 valence electrons. The van der Waals surface area contributed by atoms with Crippen LogP contribution < -0.4 is 15.0 Å². The smallest absolute Gasteiger partial charge is 0.265 e. The molecular weight excluding hydrogens is 414 g/mol. The molecule has 2 aromatic rings. The quantitative estimate of drug-likeness (QED) is 0.627. The maximum Gasteiger partial charge on any atom is 0.265 e. The fourth-order valence-corrected chi connectivity index (χ4v) is 4.30. The van der Waals surface area contributed by atoms with Crippen molar-refractivity contribution < 1.29 is 14.3 Å². The lowest BCUT2D eigenvalue weighted by Gasteiger charge is -2.33. The van der Waals surface area contributed by atoms with Gasteiger partial charge in [-0.25, -0.2) is 0 Å². The minimum Gasteiger partial charge on any atom is -0.482 e. The molecule has 6 nitrogen and oxygen atoms in total. The maximum absolute atomic E-state index is 12.6. The third kappa shape index (κ3) is 6.02. The molecule has 33 heavy (non-hydrogen) atoms. The summed E-state index contributed by atoms with van der Waals surface area (Å²) >= 11 is 0. The Morgan fingerprint density at radius 2 is 1.82 bits per heavy atom. The van der Waals surface area contributed by atoms with Crippen molar-refractivity contribution in [3.8, 4) is 5.75 Å². The van der Waals surface area contributed by atoms with Gasteiger partial charge in [0.15, 0.2) is 6.61 Å². The number of likely N-dealkylation sites (tertiary alicyclic amines) is 1. The Balaban J connectivity index is 1.41. The number of fused-ring (bicyclic) bond motifs is 1. The van der Waals surface area contributed by atoms with Gasteiger partial charge < -0.3 is 19.9 Å². The van der Waals surface area contributed by atoms with Gasteiger partial charge in [-0.2, -0.15) is 0 Å². The van der Waals surface area contributed by atoms with E-state index in [2.05, 4.69) is 36.2 Å². The van der Waals surface area contributed by atoms with Crippen LogP contribution in [0, 0.1) is 0 Å². The Morgan fingerprint density at radius 3 is 2.55 bits per heavy atom. The molecule has 4 rings (SSSR count). The average Bonchev–Trinajstić information content (AvgIpc) is 2.83. The Morgan fingerprint density at radius 1 is 1.06 bits per heavy atom. The summed E-state index contributed by atoms with van der Waals surface area (Å²) in [4.78, 5) is 29.3. The zero-order chi connectivity index (χ0) is 23.2. The molecule has 2 aromatic carbocycles. The molecule has 0 bridgehead atoms. The van der Waals surface area contributed by atoms with E-state index in [1.54, 1.807) is 17.0 Å². The lowest BCUT2D eigenvalue weighted by atomic mass is 10.0. The van der Waals surface area contributed by atoms with Gasteiger partial charge in [0.2, 0.25) is 5.91 Å². The zero-order valence-corrected chi connectivity index (χ0v) is 19.5. The summed E-state index contributed by atoms with van der Waals surface area (Å²) in [7, 11) is 0. The topological polar surface area (TPSA) is 61.9 Å². The summed E-state index contributed by atoms with van der Waals surface area (Å²) in [6.45, 7) is 8.02. The van der Waals surface area contributed by atoms with Crippen LogP contribution in [-0.2, 0) is 9.59 Å². The predicted molar refractivity (Wildman–Crippen MR) is 133 cm³/mol. The molecule has 6 heteroatoms. The van der Waals surface area contributed by atoms with Gasteiger partial charge >= 0.3 is 0 Å². The SMILES string of the molecule is CC(C)c1ccc(/C=C/C(=O)Nc2ccc3c(c2)N(CCN2CCCCC2)C(=O)CO3)cc1. The van der Waals surface area contributed by atoms with E-state index in [1.165, 1.54) is 30.9 Å². The van der Waals surface area contributed by atoms with Crippen molar-refractivity contribution in [3.05, 3.63) is 59.7 Å². The number of hydrogen-bond acceptors (Lipinski definition) is 4. The number of amides is 2. The summed E-state index contributed by atoms with van der Waals surface area (Å²) in [6.07, 6.45) is 7.06. The van der Waals surface area contributed by atoms with E-state index in [9.17, 15) is 9.59 Å². The van der Waals surface area contributed by atoms with Crippen LogP contribution in [0.25, 0.3) is 6.08 Å². The third-order valence-corrected chi connectivity index (χ3v) is 6.29. The molecule has 0 aromatic heterocycles. The molecule has 1 fully saturated rings. The standard InChI is InChI=1S/C27H33N3O3/c1-20(2)22-9-6-21(7-10-22)8-13-26(31)28-23-11-12-25-24(18-23)30(27(32)19-33-25)17-16-29-14-4-3-5-15-29/h6-13,18,20H,3-5,14-17,19H2,1-2H3,(H,28,31)/b13-8+. The Bertz CT molecular complexity index is 1010. The molecule has 0 aliphatic carbocycles. The highest BCUT2D eigenvalue weighted by molar-refractivity contribution is 6.03. The normalized spacial score (nSPS) is 16.7. The van der Waals surface area contributed by atoms with Crippen LogP contribution in [-0.4, -0.2) is 49.5 Å². The lowest BCUT2D eigenvalue weighted by molar-refractivity contribution is -0.121. The highest BCUT2D eigenvalue weighted by Gasteiger charge is 2.26. The average molecular weight is 448 g/mol. The first kappa shape index (κ1) is 23.1. The molecule has 2 aliphatic rings. The summed E-state index contributed by atoms with van der Waals surface area (Å²) in [5.74, 6) is 0.885. The van der Waals surface area contributed by atoms with Crippen LogP contribution in [0.3, 0.4) is 0 Å². The van der Waals surface area contributed by atoms with Crippen LogP contribution in [0.15, 0.2) is 48.5 Å².